The van der Waals surface area contributed by atoms with Crippen LogP contribution >= 0.6 is 0 Å². The Morgan fingerprint density at radius 2 is 2.20 bits per heavy atom. The van der Waals surface area contributed by atoms with Gasteiger partial charge in [-0.2, -0.15) is 0 Å². The average Bonchev–Trinajstić information content (AvgIpc) is 2.50. The van der Waals surface area contributed by atoms with E-state index in [1.165, 1.54) is 19.3 Å². The monoisotopic (exact) mass is 282 g/mol. The van der Waals surface area contributed by atoms with Gasteiger partial charge in [-0.15, -0.1) is 0 Å². The number of amidine groups is 1. The number of hydrogen-bond donors (Lipinski definition) is 2. The first-order valence-electron chi connectivity index (χ1n) is 7.67. The van der Waals surface area contributed by atoms with E-state index in [1.807, 2.05) is 11.8 Å². The van der Waals surface area contributed by atoms with Gasteiger partial charge in [0.25, 0.3) is 0 Å². The van der Waals surface area contributed by atoms with Crippen LogP contribution in [0.5, 0.6) is 0 Å². The molecule has 2 fully saturated rings. The highest BCUT2D eigenvalue weighted by Gasteiger charge is 2.34. The molecule has 2 atom stereocenters. The summed E-state index contributed by atoms with van der Waals surface area (Å²) < 4.78 is 0. The molecular formula is C14H26N4O2. The number of amides is 1. The third kappa shape index (κ3) is 3.23. The zero-order valence-corrected chi connectivity index (χ0v) is 12.3. The summed E-state index contributed by atoms with van der Waals surface area (Å²) >= 11 is 0. The van der Waals surface area contributed by atoms with E-state index in [0.29, 0.717) is 12.5 Å². The molecule has 20 heavy (non-hydrogen) atoms. The number of piperazine rings is 1. The molecule has 2 rings (SSSR count). The highest BCUT2D eigenvalue weighted by molar-refractivity contribution is 6.02. The Kier molecular flexibility index (Phi) is 5.23. The number of nitrogens with two attached hydrogens (primary N) is 1. The maximum Gasteiger partial charge on any atom is 0.233 e. The van der Waals surface area contributed by atoms with Crippen molar-refractivity contribution >= 4 is 11.7 Å². The number of piperidine rings is 1. The van der Waals surface area contributed by atoms with Crippen molar-refractivity contribution < 1.29 is 10.0 Å². The molecule has 0 bridgehead atoms. The normalized spacial score (nSPS) is 26.1. The molecule has 3 N–H and O–H groups in total. The topological polar surface area (TPSA) is 82.2 Å². The van der Waals surface area contributed by atoms with E-state index in [9.17, 15) is 4.79 Å². The van der Waals surface area contributed by atoms with Gasteiger partial charge in [0.15, 0.2) is 5.84 Å². The number of fused-ring (bicyclic) bond motifs is 1. The molecule has 2 unspecified atom stereocenters. The van der Waals surface area contributed by atoms with E-state index in [2.05, 4.69) is 10.1 Å². The van der Waals surface area contributed by atoms with Crippen molar-refractivity contribution in [1.82, 2.24) is 9.80 Å². The minimum atomic E-state index is -0.472. The predicted molar refractivity (Wildman–Crippen MR) is 77.6 cm³/mol. The molecule has 0 aromatic rings. The number of carbonyl (C=O) groups excluding carboxylic acids is 1. The Labute approximate surface area is 120 Å². The molecule has 2 saturated heterocycles. The first kappa shape index (κ1) is 15.1. The maximum absolute atomic E-state index is 12.6. The zero-order chi connectivity index (χ0) is 14.5. The summed E-state index contributed by atoms with van der Waals surface area (Å²) in [6.45, 7) is 5.66. The summed E-state index contributed by atoms with van der Waals surface area (Å²) in [6, 6.07) is 0.496. The minimum Gasteiger partial charge on any atom is -0.409 e. The summed E-state index contributed by atoms with van der Waals surface area (Å²) in [5.74, 6) is -0.407. The Bertz CT molecular complexity index is 372. The van der Waals surface area contributed by atoms with Crippen LogP contribution in [0, 0.1) is 5.92 Å². The molecule has 114 valence electrons. The van der Waals surface area contributed by atoms with Crippen molar-refractivity contribution in [2.75, 3.05) is 26.2 Å². The molecule has 0 aliphatic carbocycles. The van der Waals surface area contributed by atoms with Gasteiger partial charge in [0.1, 0.15) is 0 Å². The summed E-state index contributed by atoms with van der Waals surface area (Å²) in [4.78, 5) is 17.0. The summed E-state index contributed by atoms with van der Waals surface area (Å²) in [7, 11) is 0. The van der Waals surface area contributed by atoms with Gasteiger partial charge in [-0.25, -0.2) is 0 Å². The molecule has 6 heteroatoms. The van der Waals surface area contributed by atoms with Crippen molar-refractivity contribution in [3.8, 4) is 0 Å². The maximum atomic E-state index is 12.6. The van der Waals surface area contributed by atoms with E-state index >= 15 is 0 Å². The molecule has 6 nitrogen and oxygen atoms in total. The summed E-state index contributed by atoms with van der Waals surface area (Å²) in [6.07, 6.45) is 5.18. The molecule has 0 aromatic heterocycles. The van der Waals surface area contributed by atoms with Gasteiger partial charge in [0, 0.05) is 25.7 Å². The fourth-order valence-electron chi connectivity index (χ4n) is 3.33. The minimum absolute atomic E-state index is 0.0207. The molecule has 2 aliphatic heterocycles. The zero-order valence-electron chi connectivity index (χ0n) is 12.3. The Hall–Kier alpha value is -1.30. The van der Waals surface area contributed by atoms with Crippen LogP contribution < -0.4 is 5.73 Å². The number of rotatable bonds is 4. The van der Waals surface area contributed by atoms with Crippen LogP contribution in [-0.2, 0) is 4.79 Å². The highest BCUT2D eigenvalue weighted by Crippen LogP contribution is 2.22. The van der Waals surface area contributed by atoms with E-state index in [-0.39, 0.29) is 11.7 Å². The predicted octanol–water partition coefficient (Wildman–Crippen LogP) is 0.846. The van der Waals surface area contributed by atoms with Crippen LogP contribution in [0.4, 0.5) is 0 Å². The molecule has 2 heterocycles. The second-order valence-corrected chi connectivity index (χ2v) is 5.84. The van der Waals surface area contributed by atoms with Crippen molar-refractivity contribution in [3.63, 3.8) is 0 Å². The number of hydrogen-bond acceptors (Lipinski definition) is 4. The van der Waals surface area contributed by atoms with Crippen LogP contribution in [0.25, 0.3) is 0 Å². The average molecular weight is 282 g/mol. The molecular weight excluding hydrogens is 256 g/mol. The lowest BCUT2D eigenvalue weighted by molar-refractivity contribution is -0.137. The number of oxime groups is 1. The lowest BCUT2D eigenvalue weighted by atomic mass is 9.96. The van der Waals surface area contributed by atoms with Crippen LogP contribution in [0.3, 0.4) is 0 Å². The van der Waals surface area contributed by atoms with Crippen LogP contribution in [0.1, 0.15) is 39.0 Å². The molecule has 0 saturated carbocycles. The first-order chi connectivity index (χ1) is 9.67. The summed E-state index contributed by atoms with van der Waals surface area (Å²) in [5, 5.41) is 11.9. The van der Waals surface area contributed by atoms with Crippen molar-refractivity contribution in [1.29, 1.82) is 0 Å². The summed E-state index contributed by atoms with van der Waals surface area (Å²) in [5.41, 5.74) is 5.68. The Balaban J connectivity index is 2.00. The molecule has 0 radical (unpaired) electrons. The van der Waals surface area contributed by atoms with E-state index < -0.39 is 5.92 Å². The number of carbonyl (C=O) groups is 1. The largest absolute Gasteiger partial charge is 0.409 e. The highest BCUT2D eigenvalue weighted by atomic mass is 16.4. The fraction of sp³-hybridized carbons (Fsp3) is 0.857. The lowest BCUT2D eigenvalue weighted by Gasteiger charge is -2.44. The lowest BCUT2D eigenvalue weighted by Crippen LogP contribution is -2.57. The van der Waals surface area contributed by atoms with E-state index in [1.54, 1.807) is 0 Å². The van der Waals surface area contributed by atoms with Gasteiger partial charge < -0.3 is 15.8 Å². The molecule has 0 spiro atoms. The van der Waals surface area contributed by atoms with Crippen molar-refractivity contribution in [3.05, 3.63) is 0 Å². The smallest absolute Gasteiger partial charge is 0.233 e. The van der Waals surface area contributed by atoms with Crippen molar-refractivity contribution in [2.24, 2.45) is 16.8 Å². The second-order valence-electron chi connectivity index (χ2n) is 5.84. The van der Waals surface area contributed by atoms with Crippen LogP contribution in [0.2, 0.25) is 0 Å². The van der Waals surface area contributed by atoms with Gasteiger partial charge in [-0.1, -0.05) is 24.9 Å². The Morgan fingerprint density at radius 1 is 1.40 bits per heavy atom. The quantitative estimate of drug-likeness (QED) is 0.346. The fourth-order valence-corrected chi connectivity index (χ4v) is 3.33. The SMILES string of the molecule is CCCC(C(=O)N1CCN2CCCCC2C1)C(N)=NO. The van der Waals surface area contributed by atoms with Gasteiger partial charge in [0.05, 0.1) is 5.92 Å². The molecule has 2 aliphatic rings. The van der Waals surface area contributed by atoms with E-state index in [0.717, 1.165) is 32.6 Å². The van der Waals surface area contributed by atoms with Gasteiger partial charge in [-0.3, -0.25) is 9.69 Å². The van der Waals surface area contributed by atoms with E-state index in [4.69, 9.17) is 10.9 Å². The van der Waals surface area contributed by atoms with Gasteiger partial charge >= 0.3 is 0 Å². The van der Waals surface area contributed by atoms with Gasteiger partial charge in [0.2, 0.25) is 5.91 Å². The third-order valence-electron chi connectivity index (χ3n) is 4.50. The standard InChI is InChI=1S/C14H26N4O2/c1-2-5-12(13(15)16-20)14(19)18-9-8-17-7-4-3-6-11(17)10-18/h11-12,20H,2-10H2,1H3,(H2,15,16). The Morgan fingerprint density at radius 3 is 2.90 bits per heavy atom. The third-order valence-corrected chi connectivity index (χ3v) is 4.50. The van der Waals surface area contributed by atoms with Gasteiger partial charge in [-0.05, 0) is 25.8 Å². The molecule has 0 aromatic carbocycles. The first-order valence-corrected chi connectivity index (χ1v) is 7.67. The number of nitrogens with zero attached hydrogens (tertiary/aromatic N) is 3. The second kappa shape index (κ2) is 6.92. The van der Waals surface area contributed by atoms with Crippen molar-refractivity contribution in [2.45, 2.75) is 45.1 Å². The molecule has 1 amide bonds. The van der Waals surface area contributed by atoms with Crippen LogP contribution in [-0.4, -0.2) is 59.0 Å². The van der Waals surface area contributed by atoms with Crippen LogP contribution in [0.15, 0.2) is 5.16 Å².